The average Bonchev–Trinajstić information content (AvgIpc) is 2.66. The molecule has 102 valence electrons. The molecule has 2 N–H and O–H groups in total. The summed E-state index contributed by atoms with van der Waals surface area (Å²) < 4.78 is 2.84. The summed E-state index contributed by atoms with van der Waals surface area (Å²) >= 11 is 3.46. The first kappa shape index (κ1) is 14.1. The van der Waals surface area contributed by atoms with Gasteiger partial charge in [-0.05, 0) is 30.0 Å². The Morgan fingerprint density at radius 1 is 1.32 bits per heavy atom. The molecule has 1 aromatic carbocycles. The van der Waals surface area contributed by atoms with Crippen LogP contribution in [-0.4, -0.2) is 9.78 Å². The molecule has 1 aromatic heterocycles. The number of nitrogens with two attached hydrogens (primary N) is 1. The van der Waals surface area contributed by atoms with Crippen molar-refractivity contribution in [2.24, 2.45) is 13.0 Å². The molecule has 0 amide bonds. The molecule has 0 saturated heterocycles. The van der Waals surface area contributed by atoms with Crippen molar-refractivity contribution < 1.29 is 0 Å². The molecule has 4 heteroatoms. The molecule has 19 heavy (non-hydrogen) atoms. The molecular formula is C15H20BrN3. The number of benzene rings is 1. The molecule has 0 aliphatic heterocycles. The highest BCUT2D eigenvalue weighted by atomic mass is 79.9. The topological polar surface area (TPSA) is 43.8 Å². The molecule has 3 nitrogen and oxygen atoms in total. The number of hydrogen-bond donors (Lipinski definition) is 1. The van der Waals surface area contributed by atoms with Crippen molar-refractivity contribution in [2.45, 2.75) is 26.7 Å². The third-order valence-electron chi connectivity index (χ3n) is 3.54. The van der Waals surface area contributed by atoms with Crippen LogP contribution < -0.4 is 5.73 Å². The highest BCUT2D eigenvalue weighted by Gasteiger charge is 2.17. The van der Waals surface area contributed by atoms with E-state index in [1.54, 1.807) is 4.68 Å². The number of aryl methyl sites for hydroxylation is 1. The number of aromatic nitrogens is 2. The SMILES string of the molecule is CCC(C)Cc1nn(C)c(N)c1-c1ccc(Br)cc1. The van der Waals surface area contributed by atoms with Gasteiger partial charge in [0, 0.05) is 17.1 Å². The van der Waals surface area contributed by atoms with Crippen LogP contribution in [0.4, 0.5) is 5.82 Å². The Labute approximate surface area is 122 Å². The van der Waals surface area contributed by atoms with Gasteiger partial charge in [-0.2, -0.15) is 5.10 Å². The summed E-state index contributed by atoms with van der Waals surface area (Å²) in [6.45, 7) is 4.45. The highest BCUT2D eigenvalue weighted by molar-refractivity contribution is 9.10. The first-order valence-electron chi connectivity index (χ1n) is 6.60. The van der Waals surface area contributed by atoms with E-state index in [2.05, 4.69) is 47.0 Å². The first-order valence-corrected chi connectivity index (χ1v) is 7.39. The second-order valence-electron chi connectivity index (χ2n) is 5.05. The number of anilines is 1. The van der Waals surface area contributed by atoms with Gasteiger partial charge in [0.25, 0.3) is 0 Å². The van der Waals surface area contributed by atoms with Crippen molar-refractivity contribution in [2.75, 3.05) is 5.73 Å². The van der Waals surface area contributed by atoms with E-state index in [1.807, 2.05) is 19.2 Å². The fourth-order valence-electron chi connectivity index (χ4n) is 2.14. The summed E-state index contributed by atoms with van der Waals surface area (Å²) in [5.74, 6) is 1.35. The summed E-state index contributed by atoms with van der Waals surface area (Å²) in [7, 11) is 1.90. The molecule has 1 atom stereocenters. The summed E-state index contributed by atoms with van der Waals surface area (Å²) in [5, 5.41) is 4.58. The monoisotopic (exact) mass is 321 g/mol. The third-order valence-corrected chi connectivity index (χ3v) is 4.06. The van der Waals surface area contributed by atoms with Gasteiger partial charge in [-0.1, -0.05) is 48.3 Å². The highest BCUT2D eigenvalue weighted by Crippen LogP contribution is 2.31. The summed E-state index contributed by atoms with van der Waals surface area (Å²) in [6, 6.07) is 8.23. The van der Waals surface area contributed by atoms with Crippen molar-refractivity contribution in [3.8, 4) is 11.1 Å². The molecule has 1 unspecified atom stereocenters. The second-order valence-corrected chi connectivity index (χ2v) is 5.97. The lowest BCUT2D eigenvalue weighted by atomic mass is 9.97. The van der Waals surface area contributed by atoms with Gasteiger partial charge < -0.3 is 5.73 Å². The van der Waals surface area contributed by atoms with E-state index in [0.717, 1.165) is 40.0 Å². The van der Waals surface area contributed by atoms with E-state index in [4.69, 9.17) is 5.73 Å². The molecule has 2 rings (SSSR count). The van der Waals surface area contributed by atoms with E-state index in [1.165, 1.54) is 0 Å². The van der Waals surface area contributed by atoms with E-state index in [9.17, 15) is 0 Å². The fourth-order valence-corrected chi connectivity index (χ4v) is 2.41. The number of hydrogen-bond acceptors (Lipinski definition) is 2. The Morgan fingerprint density at radius 3 is 2.53 bits per heavy atom. The van der Waals surface area contributed by atoms with Crippen LogP contribution >= 0.6 is 15.9 Å². The van der Waals surface area contributed by atoms with Gasteiger partial charge in [-0.25, -0.2) is 0 Å². The van der Waals surface area contributed by atoms with Crippen LogP contribution in [0.1, 0.15) is 26.0 Å². The summed E-state index contributed by atoms with van der Waals surface area (Å²) in [6.07, 6.45) is 2.11. The van der Waals surface area contributed by atoms with Gasteiger partial charge in [0.1, 0.15) is 5.82 Å². The van der Waals surface area contributed by atoms with Crippen molar-refractivity contribution in [1.29, 1.82) is 0 Å². The van der Waals surface area contributed by atoms with E-state index in [-0.39, 0.29) is 0 Å². The molecule has 0 radical (unpaired) electrons. The molecular weight excluding hydrogens is 302 g/mol. The van der Waals surface area contributed by atoms with Gasteiger partial charge in [-0.3, -0.25) is 4.68 Å². The lowest BCUT2D eigenvalue weighted by molar-refractivity contribution is 0.547. The third kappa shape index (κ3) is 3.00. The maximum atomic E-state index is 6.18. The fraction of sp³-hybridized carbons (Fsp3) is 0.400. The predicted octanol–water partition coefficient (Wildman–Crippen LogP) is 4.02. The standard InChI is InChI=1S/C15H20BrN3/c1-4-10(2)9-13-14(15(17)19(3)18-13)11-5-7-12(16)8-6-11/h5-8,10H,4,9,17H2,1-3H3. The Morgan fingerprint density at radius 2 is 1.95 bits per heavy atom. The molecule has 1 heterocycles. The van der Waals surface area contributed by atoms with Gasteiger partial charge in [-0.15, -0.1) is 0 Å². The maximum absolute atomic E-state index is 6.18. The van der Waals surface area contributed by atoms with Crippen LogP contribution in [0.25, 0.3) is 11.1 Å². The van der Waals surface area contributed by atoms with Gasteiger partial charge >= 0.3 is 0 Å². The number of nitrogens with zero attached hydrogens (tertiary/aromatic N) is 2. The molecule has 0 aliphatic carbocycles. The largest absolute Gasteiger partial charge is 0.383 e. The van der Waals surface area contributed by atoms with E-state index in [0.29, 0.717) is 5.92 Å². The van der Waals surface area contributed by atoms with Gasteiger partial charge in [0.05, 0.1) is 5.69 Å². The zero-order chi connectivity index (χ0) is 14.0. The minimum absolute atomic E-state index is 0.614. The van der Waals surface area contributed by atoms with Crippen LogP contribution in [-0.2, 0) is 13.5 Å². The van der Waals surface area contributed by atoms with Crippen LogP contribution in [0.3, 0.4) is 0 Å². The van der Waals surface area contributed by atoms with Crippen LogP contribution in [0.2, 0.25) is 0 Å². The Kier molecular flexibility index (Phi) is 4.30. The zero-order valence-electron chi connectivity index (χ0n) is 11.7. The quantitative estimate of drug-likeness (QED) is 0.924. The smallest absolute Gasteiger partial charge is 0.129 e. The number of rotatable bonds is 4. The average molecular weight is 322 g/mol. The molecule has 0 bridgehead atoms. The van der Waals surface area contributed by atoms with Crippen molar-refractivity contribution in [1.82, 2.24) is 9.78 Å². The molecule has 0 fully saturated rings. The Hall–Kier alpha value is -1.29. The molecule has 2 aromatic rings. The van der Waals surface area contributed by atoms with Crippen LogP contribution in [0.15, 0.2) is 28.7 Å². The van der Waals surface area contributed by atoms with Crippen LogP contribution in [0.5, 0.6) is 0 Å². The lowest BCUT2D eigenvalue weighted by Gasteiger charge is -2.08. The zero-order valence-corrected chi connectivity index (χ0v) is 13.2. The van der Waals surface area contributed by atoms with Crippen molar-refractivity contribution in [3.05, 3.63) is 34.4 Å². The van der Waals surface area contributed by atoms with Gasteiger partial charge in [0.2, 0.25) is 0 Å². The summed E-state index contributed by atoms with van der Waals surface area (Å²) in [5.41, 5.74) is 9.48. The van der Waals surface area contributed by atoms with Crippen LogP contribution in [0, 0.1) is 5.92 Å². The minimum atomic E-state index is 0.614. The second kappa shape index (κ2) is 5.78. The van der Waals surface area contributed by atoms with E-state index >= 15 is 0 Å². The van der Waals surface area contributed by atoms with Crippen molar-refractivity contribution >= 4 is 21.7 Å². The predicted molar refractivity (Wildman–Crippen MR) is 83.9 cm³/mol. The van der Waals surface area contributed by atoms with Gasteiger partial charge in [0.15, 0.2) is 0 Å². The number of halogens is 1. The normalized spacial score (nSPS) is 12.6. The van der Waals surface area contributed by atoms with E-state index < -0.39 is 0 Å². The lowest BCUT2D eigenvalue weighted by Crippen LogP contribution is -2.00. The molecule has 0 saturated carbocycles. The Balaban J connectivity index is 2.45. The number of nitrogen functional groups attached to an aromatic ring is 1. The summed E-state index contributed by atoms with van der Waals surface area (Å²) in [4.78, 5) is 0. The minimum Gasteiger partial charge on any atom is -0.383 e. The maximum Gasteiger partial charge on any atom is 0.129 e. The molecule has 0 aliphatic rings. The van der Waals surface area contributed by atoms with Crippen molar-refractivity contribution in [3.63, 3.8) is 0 Å². The first-order chi connectivity index (χ1) is 9.02. The Bertz CT molecular complexity index is 558. The molecule has 0 spiro atoms.